The van der Waals surface area contributed by atoms with E-state index < -0.39 is 0 Å². The number of hydrogen-bond donors (Lipinski definition) is 0. The fourth-order valence-corrected chi connectivity index (χ4v) is 2.92. The minimum atomic E-state index is -0.350. The summed E-state index contributed by atoms with van der Waals surface area (Å²) in [5.74, 6) is 0. The second-order valence-electron chi connectivity index (χ2n) is 2.93. The first-order valence-corrected chi connectivity index (χ1v) is 5.59. The molecule has 1 aromatic heterocycles. The molecule has 0 bridgehead atoms. The molecule has 0 aliphatic carbocycles. The Kier molecular flexibility index (Phi) is 2.28. The van der Waals surface area contributed by atoms with Gasteiger partial charge in [0.2, 0.25) is 0 Å². The summed E-state index contributed by atoms with van der Waals surface area (Å²) < 4.78 is 1.89. The molecule has 5 heteroatoms. The summed E-state index contributed by atoms with van der Waals surface area (Å²) in [6.45, 7) is 1.75. The van der Waals surface area contributed by atoms with E-state index in [9.17, 15) is 10.1 Å². The maximum atomic E-state index is 10.7. The first kappa shape index (κ1) is 9.61. The smallest absolute Gasteiger partial charge is 0.258 e. The lowest BCUT2D eigenvalue weighted by molar-refractivity contribution is -0.385. The van der Waals surface area contributed by atoms with Gasteiger partial charge in [0.1, 0.15) is 0 Å². The lowest BCUT2D eigenvalue weighted by Crippen LogP contribution is -1.92. The van der Waals surface area contributed by atoms with Crippen LogP contribution in [-0.4, -0.2) is 4.92 Å². The van der Waals surface area contributed by atoms with Gasteiger partial charge in [-0.1, -0.05) is 0 Å². The molecule has 0 aliphatic rings. The fourth-order valence-electron chi connectivity index (χ4n) is 1.34. The van der Waals surface area contributed by atoms with Gasteiger partial charge in [0, 0.05) is 26.2 Å². The van der Waals surface area contributed by atoms with E-state index in [-0.39, 0.29) is 10.6 Å². The van der Waals surface area contributed by atoms with Crippen LogP contribution in [0.15, 0.2) is 22.0 Å². The van der Waals surface area contributed by atoms with Crippen LogP contribution < -0.4 is 0 Å². The van der Waals surface area contributed by atoms with Crippen molar-refractivity contribution in [3.63, 3.8) is 0 Å². The van der Waals surface area contributed by atoms with Crippen LogP contribution in [0.5, 0.6) is 0 Å². The normalized spacial score (nSPS) is 10.7. The SMILES string of the molecule is Cc1c([N+](=O)[O-])cc2ccsc2c1Br. The molecule has 72 valence electrons. The van der Waals surface area contributed by atoms with E-state index in [1.807, 2.05) is 11.4 Å². The van der Waals surface area contributed by atoms with E-state index in [0.29, 0.717) is 5.56 Å². The standard InChI is InChI=1S/C9H6BrNO2S/c1-5-7(11(12)13)4-6-2-3-14-9(6)8(5)10/h2-4H,1H3. The average Bonchev–Trinajstić information content (AvgIpc) is 2.58. The number of hydrogen-bond acceptors (Lipinski definition) is 3. The summed E-state index contributed by atoms with van der Waals surface area (Å²) in [6.07, 6.45) is 0. The molecule has 0 saturated carbocycles. The van der Waals surface area contributed by atoms with Crippen LogP contribution in [0, 0.1) is 17.0 Å². The van der Waals surface area contributed by atoms with Crippen molar-refractivity contribution in [2.45, 2.75) is 6.92 Å². The summed E-state index contributed by atoms with van der Waals surface area (Å²) >= 11 is 4.96. The van der Waals surface area contributed by atoms with Gasteiger partial charge in [-0.3, -0.25) is 10.1 Å². The van der Waals surface area contributed by atoms with Gasteiger partial charge in [-0.05, 0) is 34.3 Å². The summed E-state index contributed by atoms with van der Waals surface area (Å²) in [4.78, 5) is 10.4. The Bertz CT molecular complexity index is 521. The first-order chi connectivity index (χ1) is 6.61. The van der Waals surface area contributed by atoms with Crippen molar-refractivity contribution in [1.29, 1.82) is 0 Å². The zero-order valence-corrected chi connectivity index (χ0v) is 9.68. The van der Waals surface area contributed by atoms with Crippen molar-refractivity contribution < 1.29 is 4.92 Å². The summed E-state index contributed by atoms with van der Waals surface area (Å²) in [5.41, 5.74) is 0.854. The minimum absolute atomic E-state index is 0.169. The van der Waals surface area contributed by atoms with E-state index in [0.717, 1.165) is 14.6 Å². The monoisotopic (exact) mass is 271 g/mol. The van der Waals surface area contributed by atoms with E-state index in [2.05, 4.69) is 15.9 Å². The third-order valence-corrected chi connectivity index (χ3v) is 4.30. The molecule has 0 N–H and O–H groups in total. The molecular formula is C9H6BrNO2S. The third-order valence-electron chi connectivity index (χ3n) is 2.10. The van der Waals surface area contributed by atoms with E-state index in [1.165, 1.54) is 0 Å². The first-order valence-electron chi connectivity index (χ1n) is 3.92. The second kappa shape index (κ2) is 3.33. The largest absolute Gasteiger partial charge is 0.274 e. The topological polar surface area (TPSA) is 43.1 Å². The maximum absolute atomic E-state index is 10.7. The van der Waals surface area contributed by atoms with Crippen molar-refractivity contribution in [2.24, 2.45) is 0 Å². The Hall–Kier alpha value is -0.940. The Morgan fingerprint density at radius 1 is 1.57 bits per heavy atom. The molecule has 0 saturated heterocycles. The molecule has 0 atom stereocenters. The molecule has 0 unspecified atom stereocenters. The van der Waals surface area contributed by atoms with Crippen LogP contribution in [0.3, 0.4) is 0 Å². The van der Waals surface area contributed by atoms with E-state index in [1.54, 1.807) is 24.3 Å². The molecule has 0 amide bonds. The predicted molar refractivity (Wildman–Crippen MR) is 60.9 cm³/mol. The quantitative estimate of drug-likeness (QED) is 0.584. The molecule has 1 heterocycles. The highest BCUT2D eigenvalue weighted by Gasteiger charge is 2.16. The van der Waals surface area contributed by atoms with Crippen LogP contribution in [0.25, 0.3) is 10.1 Å². The molecule has 14 heavy (non-hydrogen) atoms. The number of rotatable bonds is 1. The molecule has 0 spiro atoms. The van der Waals surface area contributed by atoms with Gasteiger partial charge < -0.3 is 0 Å². The van der Waals surface area contributed by atoms with E-state index >= 15 is 0 Å². The maximum Gasteiger partial charge on any atom is 0.274 e. The van der Waals surface area contributed by atoms with Crippen molar-refractivity contribution in [2.75, 3.05) is 0 Å². The van der Waals surface area contributed by atoms with Crippen LogP contribution in [-0.2, 0) is 0 Å². The van der Waals surface area contributed by atoms with Crippen LogP contribution in [0.4, 0.5) is 5.69 Å². The molecule has 3 nitrogen and oxygen atoms in total. The van der Waals surface area contributed by atoms with E-state index in [4.69, 9.17) is 0 Å². The van der Waals surface area contributed by atoms with Crippen molar-refractivity contribution >= 4 is 43.0 Å². The number of nitro groups is 1. The van der Waals surface area contributed by atoms with Crippen molar-refractivity contribution in [3.8, 4) is 0 Å². The minimum Gasteiger partial charge on any atom is -0.258 e. The number of nitro benzene ring substituents is 1. The van der Waals surface area contributed by atoms with Gasteiger partial charge in [0.25, 0.3) is 5.69 Å². The van der Waals surface area contributed by atoms with Gasteiger partial charge in [-0.15, -0.1) is 11.3 Å². The van der Waals surface area contributed by atoms with Crippen LogP contribution >= 0.6 is 27.3 Å². The van der Waals surface area contributed by atoms with Crippen molar-refractivity contribution in [3.05, 3.63) is 37.7 Å². The molecule has 0 radical (unpaired) electrons. The number of benzene rings is 1. The average molecular weight is 272 g/mol. The molecule has 2 aromatic rings. The molecule has 0 fully saturated rings. The van der Waals surface area contributed by atoms with Gasteiger partial charge >= 0.3 is 0 Å². The Labute approximate surface area is 92.6 Å². The van der Waals surface area contributed by atoms with Gasteiger partial charge in [0.15, 0.2) is 0 Å². The third kappa shape index (κ3) is 1.33. The Morgan fingerprint density at radius 2 is 2.29 bits per heavy atom. The lowest BCUT2D eigenvalue weighted by atomic mass is 10.1. The highest BCUT2D eigenvalue weighted by molar-refractivity contribution is 9.10. The fraction of sp³-hybridized carbons (Fsp3) is 0.111. The number of fused-ring (bicyclic) bond motifs is 1. The van der Waals surface area contributed by atoms with Gasteiger partial charge in [-0.2, -0.15) is 0 Å². The Morgan fingerprint density at radius 3 is 2.93 bits per heavy atom. The predicted octanol–water partition coefficient (Wildman–Crippen LogP) is 3.88. The molecule has 0 aliphatic heterocycles. The molecule has 2 rings (SSSR count). The summed E-state index contributed by atoms with van der Waals surface area (Å²) in [6, 6.07) is 3.50. The lowest BCUT2D eigenvalue weighted by Gasteiger charge is -2.01. The van der Waals surface area contributed by atoms with Crippen molar-refractivity contribution in [1.82, 2.24) is 0 Å². The number of nitrogens with zero attached hydrogens (tertiary/aromatic N) is 1. The summed E-state index contributed by atoms with van der Waals surface area (Å²) in [5, 5.41) is 13.6. The zero-order chi connectivity index (χ0) is 10.3. The number of thiophene rings is 1. The molecule has 1 aromatic carbocycles. The number of halogens is 1. The molecular weight excluding hydrogens is 266 g/mol. The van der Waals surface area contributed by atoms with Gasteiger partial charge in [0.05, 0.1) is 4.92 Å². The highest BCUT2D eigenvalue weighted by atomic mass is 79.9. The highest BCUT2D eigenvalue weighted by Crippen LogP contribution is 2.36. The summed E-state index contributed by atoms with van der Waals surface area (Å²) in [7, 11) is 0. The van der Waals surface area contributed by atoms with Gasteiger partial charge in [-0.25, -0.2) is 0 Å². The van der Waals surface area contributed by atoms with Crippen LogP contribution in [0.2, 0.25) is 0 Å². The zero-order valence-electron chi connectivity index (χ0n) is 7.28. The Balaban J connectivity index is 2.87. The second-order valence-corrected chi connectivity index (χ2v) is 4.64. The van der Waals surface area contributed by atoms with Crippen LogP contribution in [0.1, 0.15) is 5.56 Å².